The minimum atomic E-state index is 0.723. The summed E-state index contributed by atoms with van der Waals surface area (Å²) in [7, 11) is 0. The highest BCUT2D eigenvalue weighted by atomic mass is 14.9. The van der Waals surface area contributed by atoms with Gasteiger partial charge in [0.05, 0.1) is 0 Å². The second-order valence-corrected chi connectivity index (χ2v) is 20.8. The largest absolute Gasteiger partial charge is 0.0625 e. The third kappa shape index (κ3) is 3.06. The van der Waals surface area contributed by atoms with Gasteiger partial charge in [0.1, 0.15) is 0 Å². The first kappa shape index (κ1) is 27.1. The Bertz CT molecular complexity index is 1100. The SMILES string of the molecule is CC1CCC2C(C1)C1CCCC3C1C2C1CC(C(C)C)CC2CC4CC(C(C)C)CC5C6CC7CCC7(C)C6C3(C45)C21. The Hall–Kier alpha value is 0. The monoisotopic (exact) mass is 571 g/mol. The van der Waals surface area contributed by atoms with Crippen LogP contribution in [0.25, 0.3) is 0 Å². The lowest BCUT2D eigenvalue weighted by molar-refractivity contribution is -0.258. The topological polar surface area (TPSA) is 0 Å². The molecule has 0 bridgehead atoms. The number of rotatable bonds is 2. The summed E-state index contributed by atoms with van der Waals surface area (Å²) in [6.45, 7) is 16.1. The van der Waals surface area contributed by atoms with E-state index in [1.165, 1.54) is 0 Å². The van der Waals surface area contributed by atoms with E-state index in [1.807, 2.05) is 0 Å². The molecule has 10 rings (SSSR count). The molecule has 0 aliphatic heterocycles. The molecule has 0 heteroatoms. The van der Waals surface area contributed by atoms with Crippen molar-refractivity contribution >= 4 is 0 Å². The summed E-state index contributed by atoms with van der Waals surface area (Å²) >= 11 is 0. The fraction of sp³-hybridized carbons (Fsp3) is 1.00. The molecule has 0 aromatic carbocycles. The molecule has 0 saturated heterocycles. The van der Waals surface area contributed by atoms with Crippen molar-refractivity contribution in [1.29, 1.82) is 0 Å². The zero-order valence-electron chi connectivity index (χ0n) is 28.4. The lowest BCUT2D eigenvalue weighted by Gasteiger charge is -2.73. The molecule has 0 amide bonds. The van der Waals surface area contributed by atoms with Gasteiger partial charge >= 0.3 is 0 Å². The summed E-state index contributed by atoms with van der Waals surface area (Å²) in [6.07, 6.45) is 22.9. The first-order chi connectivity index (χ1) is 20.2. The van der Waals surface area contributed by atoms with Crippen LogP contribution in [0.4, 0.5) is 0 Å². The zero-order chi connectivity index (χ0) is 28.4. The Kier molecular flexibility index (Phi) is 5.73. The van der Waals surface area contributed by atoms with E-state index in [0.717, 1.165) is 129 Å². The van der Waals surface area contributed by atoms with Gasteiger partial charge in [0, 0.05) is 0 Å². The summed E-state index contributed by atoms with van der Waals surface area (Å²) < 4.78 is 0. The second kappa shape index (κ2) is 8.87. The van der Waals surface area contributed by atoms with Crippen molar-refractivity contribution in [3.05, 3.63) is 0 Å². The average molecular weight is 571 g/mol. The van der Waals surface area contributed by atoms with E-state index < -0.39 is 0 Å². The number of fused-ring (bicyclic) bond motifs is 8. The van der Waals surface area contributed by atoms with Crippen LogP contribution in [0.1, 0.15) is 131 Å². The van der Waals surface area contributed by atoms with Crippen LogP contribution >= 0.6 is 0 Å². The maximum Gasteiger partial charge on any atom is -0.0163 e. The first-order valence-corrected chi connectivity index (χ1v) is 20.2. The van der Waals surface area contributed by atoms with E-state index in [1.54, 1.807) is 89.9 Å². The van der Waals surface area contributed by atoms with Crippen LogP contribution in [-0.4, -0.2) is 0 Å². The summed E-state index contributed by atoms with van der Waals surface area (Å²) in [5, 5.41) is 0. The molecule has 0 nitrogen and oxygen atoms in total. The molecule has 0 aromatic heterocycles. The third-order valence-electron chi connectivity index (χ3n) is 19.5. The molecule has 0 aromatic rings. The Morgan fingerprint density at radius 2 is 1.26 bits per heavy atom. The van der Waals surface area contributed by atoms with Crippen molar-refractivity contribution in [1.82, 2.24) is 0 Å². The van der Waals surface area contributed by atoms with Gasteiger partial charge in [-0.25, -0.2) is 0 Å². The van der Waals surface area contributed by atoms with Gasteiger partial charge in [0.2, 0.25) is 0 Å². The Morgan fingerprint density at radius 1 is 0.571 bits per heavy atom. The fourth-order valence-electron chi connectivity index (χ4n) is 18.8. The number of hydrogen-bond donors (Lipinski definition) is 0. The van der Waals surface area contributed by atoms with Gasteiger partial charge in [-0.15, -0.1) is 0 Å². The Balaban J connectivity index is 1.19. The van der Waals surface area contributed by atoms with Crippen molar-refractivity contribution < 1.29 is 0 Å². The van der Waals surface area contributed by atoms with Gasteiger partial charge in [-0.05, 0) is 206 Å². The van der Waals surface area contributed by atoms with Gasteiger partial charge in [-0.2, -0.15) is 0 Å². The van der Waals surface area contributed by atoms with E-state index in [0.29, 0.717) is 0 Å². The second-order valence-electron chi connectivity index (χ2n) is 20.8. The molecule has 10 aliphatic carbocycles. The molecule has 10 saturated carbocycles. The van der Waals surface area contributed by atoms with Gasteiger partial charge in [0.15, 0.2) is 0 Å². The maximum absolute atomic E-state index is 2.92. The molecule has 0 N–H and O–H groups in total. The van der Waals surface area contributed by atoms with Gasteiger partial charge in [-0.1, -0.05) is 54.4 Å². The Labute approximate surface area is 260 Å². The standard InChI is InChI=1S/C42H66/c1-21(2)24-15-26-17-27-16-25(22(3)4)19-34-36-30-11-10-23(5)14-31(30)29-8-7-9-35(37(29)36)42(39(27)34)38(26)32(18-24)33-20-28-12-13-41(28,6)40(33)42/h21-40H,7-20H2,1-6H3. The quantitative estimate of drug-likeness (QED) is 0.310. The lowest BCUT2D eigenvalue weighted by Crippen LogP contribution is -2.68. The van der Waals surface area contributed by atoms with Crippen LogP contribution in [0, 0.1) is 129 Å². The lowest BCUT2D eigenvalue weighted by atomic mass is 9.31. The highest BCUT2D eigenvalue weighted by Gasteiger charge is 2.82. The van der Waals surface area contributed by atoms with Gasteiger partial charge in [-0.3, -0.25) is 0 Å². The molecular formula is C42H66. The van der Waals surface area contributed by atoms with Gasteiger partial charge < -0.3 is 0 Å². The van der Waals surface area contributed by atoms with Crippen LogP contribution in [0.15, 0.2) is 0 Å². The van der Waals surface area contributed by atoms with E-state index >= 15 is 0 Å². The highest BCUT2D eigenvalue weighted by molar-refractivity contribution is 5.29. The van der Waals surface area contributed by atoms with Crippen LogP contribution < -0.4 is 0 Å². The first-order valence-electron chi connectivity index (χ1n) is 20.2. The van der Waals surface area contributed by atoms with Crippen LogP contribution in [0.3, 0.4) is 0 Å². The molecular weight excluding hydrogens is 504 g/mol. The molecule has 42 heavy (non-hydrogen) atoms. The molecule has 0 radical (unpaired) electrons. The van der Waals surface area contributed by atoms with Crippen molar-refractivity contribution in [2.45, 2.75) is 131 Å². The van der Waals surface area contributed by atoms with Crippen molar-refractivity contribution in [2.75, 3.05) is 0 Å². The van der Waals surface area contributed by atoms with Crippen LogP contribution in [-0.2, 0) is 0 Å². The molecule has 10 aliphatic rings. The smallest absolute Gasteiger partial charge is 0.0163 e. The Morgan fingerprint density at radius 3 is 1.95 bits per heavy atom. The van der Waals surface area contributed by atoms with Crippen LogP contribution in [0.2, 0.25) is 0 Å². The van der Waals surface area contributed by atoms with E-state index in [2.05, 4.69) is 41.5 Å². The van der Waals surface area contributed by atoms with E-state index in [-0.39, 0.29) is 0 Å². The molecule has 20 atom stereocenters. The average Bonchev–Trinajstić information content (AvgIpc) is 3.51. The molecule has 20 unspecified atom stereocenters. The summed E-state index contributed by atoms with van der Waals surface area (Å²) in [5.41, 5.74) is 1.49. The van der Waals surface area contributed by atoms with E-state index in [4.69, 9.17) is 0 Å². The molecule has 0 heterocycles. The fourth-order valence-corrected chi connectivity index (χ4v) is 18.8. The summed E-state index contributed by atoms with van der Waals surface area (Å²) in [5.74, 6) is 21.8. The highest BCUT2D eigenvalue weighted by Crippen LogP contribution is 2.87. The maximum atomic E-state index is 2.92. The third-order valence-corrected chi connectivity index (χ3v) is 19.5. The zero-order valence-corrected chi connectivity index (χ0v) is 28.4. The van der Waals surface area contributed by atoms with Crippen molar-refractivity contribution in [2.24, 2.45) is 129 Å². The normalized spacial score (nSPS) is 65.1. The molecule has 234 valence electrons. The summed E-state index contributed by atoms with van der Waals surface area (Å²) in [4.78, 5) is 0. The predicted octanol–water partition coefficient (Wildman–Crippen LogP) is 11.0. The molecule has 10 fully saturated rings. The van der Waals surface area contributed by atoms with E-state index in [9.17, 15) is 0 Å². The predicted molar refractivity (Wildman–Crippen MR) is 173 cm³/mol. The van der Waals surface area contributed by atoms with Crippen LogP contribution in [0.5, 0.6) is 0 Å². The molecule has 1 spiro atoms. The number of hydrogen-bond acceptors (Lipinski definition) is 0. The van der Waals surface area contributed by atoms with Gasteiger partial charge in [0.25, 0.3) is 0 Å². The van der Waals surface area contributed by atoms with Crippen molar-refractivity contribution in [3.8, 4) is 0 Å². The minimum absolute atomic E-state index is 0.723. The minimum Gasteiger partial charge on any atom is -0.0625 e. The van der Waals surface area contributed by atoms with Crippen molar-refractivity contribution in [3.63, 3.8) is 0 Å². The summed E-state index contributed by atoms with van der Waals surface area (Å²) in [6, 6.07) is 0.